The van der Waals surface area contributed by atoms with Gasteiger partial charge < -0.3 is 10.1 Å². The number of para-hydroxylation sites is 1. The summed E-state index contributed by atoms with van der Waals surface area (Å²) in [5.74, 6) is 1.91. The largest absolute Gasteiger partial charge is 0.489 e. The van der Waals surface area contributed by atoms with E-state index in [4.69, 9.17) is 9.73 Å². The molecular weight excluding hydrogens is 452 g/mol. The lowest BCUT2D eigenvalue weighted by atomic mass is 9.77. The highest BCUT2D eigenvalue weighted by atomic mass is 16.5. The van der Waals surface area contributed by atoms with Crippen LogP contribution in [0.5, 0.6) is 5.75 Å². The molecule has 0 spiro atoms. The molecule has 184 valence electrons. The first-order valence-corrected chi connectivity index (χ1v) is 13.1. The molecule has 1 N–H and O–H groups in total. The lowest BCUT2D eigenvalue weighted by Gasteiger charge is -2.37. The number of fused-ring (bicyclic) bond motifs is 3. The standard InChI is InChI=1S/C34H32N2O/c1-23-18-24(2)20-26(19-23)22-37-29-16-10-25(11-17-29)21-35-28-14-12-27(13-15-28)34-32-8-5-7-30(32)31-6-3-4-9-33(31)36-34/h3-7,9-21,30,32,34,36H,8,22H2,1-2H3/t30-,32+,34+/m1/s1. The fraction of sp³-hybridized carbons (Fsp3) is 0.206. The number of ether oxygens (including phenoxy) is 1. The van der Waals surface area contributed by atoms with Crippen LogP contribution in [0, 0.1) is 19.8 Å². The van der Waals surface area contributed by atoms with E-state index in [-0.39, 0.29) is 0 Å². The Morgan fingerprint density at radius 1 is 0.892 bits per heavy atom. The van der Waals surface area contributed by atoms with Gasteiger partial charge in [-0.2, -0.15) is 0 Å². The second-order valence-electron chi connectivity index (χ2n) is 10.3. The molecular formula is C34H32N2O. The Kier molecular flexibility index (Phi) is 6.36. The van der Waals surface area contributed by atoms with Gasteiger partial charge in [-0.15, -0.1) is 0 Å². The van der Waals surface area contributed by atoms with Crippen molar-refractivity contribution in [2.45, 2.75) is 38.8 Å². The zero-order valence-corrected chi connectivity index (χ0v) is 21.4. The van der Waals surface area contributed by atoms with Crippen LogP contribution in [-0.4, -0.2) is 6.21 Å². The summed E-state index contributed by atoms with van der Waals surface area (Å²) in [7, 11) is 0. The van der Waals surface area contributed by atoms with Crippen molar-refractivity contribution < 1.29 is 4.74 Å². The Hall–Kier alpha value is -4.11. The second kappa shape index (κ2) is 10.1. The van der Waals surface area contributed by atoms with Gasteiger partial charge in [-0.1, -0.05) is 71.8 Å². The van der Waals surface area contributed by atoms with Gasteiger partial charge in [0.25, 0.3) is 0 Å². The third kappa shape index (κ3) is 5.08. The van der Waals surface area contributed by atoms with Gasteiger partial charge in [0, 0.05) is 17.8 Å². The molecule has 4 aromatic rings. The molecule has 0 fully saturated rings. The molecule has 3 heteroatoms. The second-order valence-corrected chi connectivity index (χ2v) is 10.3. The number of hydrogen-bond acceptors (Lipinski definition) is 3. The Balaban J connectivity index is 1.10. The zero-order chi connectivity index (χ0) is 25.2. The number of allylic oxidation sites excluding steroid dienone is 2. The fourth-order valence-electron chi connectivity index (χ4n) is 5.76. The SMILES string of the molecule is Cc1cc(C)cc(COc2ccc(C=Nc3ccc([C@@H]4Nc5ccccc5[C@H]5C=CC[C@@H]54)cc3)cc2)c1. The molecule has 1 aliphatic carbocycles. The summed E-state index contributed by atoms with van der Waals surface area (Å²) in [5, 5.41) is 3.80. The first-order chi connectivity index (χ1) is 18.1. The predicted molar refractivity (Wildman–Crippen MR) is 153 cm³/mol. The van der Waals surface area contributed by atoms with Gasteiger partial charge in [-0.3, -0.25) is 4.99 Å². The lowest BCUT2D eigenvalue weighted by molar-refractivity contribution is 0.306. The lowest BCUT2D eigenvalue weighted by Crippen LogP contribution is -2.28. The van der Waals surface area contributed by atoms with Crippen molar-refractivity contribution in [1.29, 1.82) is 0 Å². The summed E-state index contributed by atoms with van der Waals surface area (Å²) in [6.45, 7) is 4.81. The summed E-state index contributed by atoms with van der Waals surface area (Å²) in [4.78, 5) is 4.71. The topological polar surface area (TPSA) is 33.6 Å². The minimum atomic E-state index is 0.309. The summed E-state index contributed by atoms with van der Waals surface area (Å²) in [6, 6.07) is 32.3. The average Bonchev–Trinajstić information content (AvgIpc) is 3.41. The molecule has 4 aromatic carbocycles. The summed E-state index contributed by atoms with van der Waals surface area (Å²) < 4.78 is 5.99. The molecule has 0 saturated carbocycles. The first-order valence-electron chi connectivity index (χ1n) is 13.1. The summed E-state index contributed by atoms with van der Waals surface area (Å²) in [6.07, 6.45) is 7.75. The third-order valence-electron chi connectivity index (χ3n) is 7.45. The van der Waals surface area contributed by atoms with E-state index in [0.717, 1.165) is 23.4 Å². The number of benzene rings is 4. The van der Waals surface area contributed by atoms with Crippen LogP contribution in [0.1, 0.15) is 51.8 Å². The number of hydrogen-bond donors (Lipinski definition) is 1. The van der Waals surface area contributed by atoms with E-state index < -0.39 is 0 Å². The third-order valence-corrected chi connectivity index (χ3v) is 7.45. The molecule has 0 saturated heterocycles. The van der Waals surface area contributed by atoms with Crippen LogP contribution in [0.3, 0.4) is 0 Å². The number of anilines is 1. The summed E-state index contributed by atoms with van der Waals surface area (Å²) >= 11 is 0. The van der Waals surface area contributed by atoms with E-state index in [1.165, 1.54) is 33.5 Å². The van der Waals surface area contributed by atoms with Crippen molar-refractivity contribution in [3.63, 3.8) is 0 Å². The van der Waals surface area contributed by atoms with E-state index in [2.05, 4.69) is 98.0 Å². The van der Waals surface area contributed by atoms with Crippen LogP contribution >= 0.6 is 0 Å². The normalized spacial score (nSPS) is 19.9. The van der Waals surface area contributed by atoms with Gasteiger partial charge >= 0.3 is 0 Å². The van der Waals surface area contributed by atoms with Crippen LogP contribution in [0.2, 0.25) is 0 Å². The summed E-state index contributed by atoms with van der Waals surface area (Å²) in [5.41, 5.74) is 9.71. The molecule has 1 heterocycles. The van der Waals surface area contributed by atoms with Gasteiger partial charge in [0.15, 0.2) is 0 Å². The van der Waals surface area contributed by atoms with Crippen molar-refractivity contribution in [3.05, 3.63) is 137 Å². The number of aliphatic imine (C=N–C) groups is 1. The Morgan fingerprint density at radius 3 is 2.43 bits per heavy atom. The highest BCUT2D eigenvalue weighted by molar-refractivity contribution is 5.82. The highest BCUT2D eigenvalue weighted by Crippen LogP contribution is 2.49. The predicted octanol–water partition coefficient (Wildman–Crippen LogP) is 8.46. The maximum atomic E-state index is 5.99. The van der Waals surface area contributed by atoms with Gasteiger partial charge in [-0.25, -0.2) is 0 Å². The molecule has 6 rings (SSSR count). The Bertz CT molecular complexity index is 1430. The Morgan fingerprint density at radius 2 is 1.65 bits per heavy atom. The van der Waals surface area contributed by atoms with Crippen molar-refractivity contribution in [2.75, 3.05) is 5.32 Å². The minimum Gasteiger partial charge on any atom is -0.489 e. The van der Waals surface area contributed by atoms with E-state index in [1.807, 2.05) is 30.5 Å². The van der Waals surface area contributed by atoms with Crippen LogP contribution < -0.4 is 10.1 Å². The Labute approximate surface area is 219 Å². The number of nitrogens with one attached hydrogen (secondary N) is 1. The monoisotopic (exact) mass is 484 g/mol. The number of rotatable bonds is 6. The maximum Gasteiger partial charge on any atom is 0.119 e. The molecule has 3 atom stereocenters. The molecule has 0 amide bonds. The maximum absolute atomic E-state index is 5.99. The van der Waals surface area contributed by atoms with Gasteiger partial charge in [0.05, 0.1) is 11.7 Å². The first kappa shape index (κ1) is 23.3. The highest BCUT2D eigenvalue weighted by Gasteiger charge is 2.37. The van der Waals surface area contributed by atoms with Crippen molar-refractivity contribution in [2.24, 2.45) is 10.9 Å². The van der Waals surface area contributed by atoms with Gasteiger partial charge in [0.2, 0.25) is 0 Å². The van der Waals surface area contributed by atoms with E-state index in [1.54, 1.807) is 0 Å². The fourth-order valence-corrected chi connectivity index (χ4v) is 5.76. The molecule has 0 radical (unpaired) electrons. The van der Waals surface area contributed by atoms with Crippen LogP contribution in [0.15, 0.2) is 108 Å². The van der Waals surface area contributed by atoms with E-state index >= 15 is 0 Å². The molecule has 0 bridgehead atoms. The van der Waals surface area contributed by atoms with Crippen LogP contribution in [0.25, 0.3) is 0 Å². The van der Waals surface area contributed by atoms with Gasteiger partial charge in [0.1, 0.15) is 12.4 Å². The minimum absolute atomic E-state index is 0.309. The smallest absolute Gasteiger partial charge is 0.119 e. The van der Waals surface area contributed by atoms with Crippen molar-refractivity contribution in [3.8, 4) is 5.75 Å². The molecule has 3 nitrogen and oxygen atoms in total. The number of nitrogens with zero attached hydrogens (tertiary/aromatic N) is 1. The molecule has 1 aliphatic heterocycles. The van der Waals surface area contributed by atoms with Gasteiger partial charge in [-0.05, 0) is 90.9 Å². The quantitative estimate of drug-likeness (QED) is 0.220. The van der Waals surface area contributed by atoms with E-state index in [9.17, 15) is 0 Å². The average molecular weight is 485 g/mol. The van der Waals surface area contributed by atoms with Crippen molar-refractivity contribution in [1.82, 2.24) is 0 Å². The molecule has 2 aliphatic rings. The number of aryl methyl sites for hydroxylation is 2. The zero-order valence-electron chi connectivity index (χ0n) is 21.4. The molecule has 0 unspecified atom stereocenters. The van der Waals surface area contributed by atoms with Crippen LogP contribution in [0.4, 0.5) is 11.4 Å². The van der Waals surface area contributed by atoms with E-state index in [0.29, 0.717) is 24.5 Å². The van der Waals surface area contributed by atoms with Crippen LogP contribution in [-0.2, 0) is 6.61 Å². The molecule has 0 aromatic heterocycles. The van der Waals surface area contributed by atoms with Crippen molar-refractivity contribution >= 4 is 17.6 Å². The molecule has 37 heavy (non-hydrogen) atoms.